The largest absolute Gasteiger partial charge is 0.464 e. The van der Waals surface area contributed by atoms with E-state index in [1.807, 2.05) is 0 Å². The Bertz CT molecular complexity index is 347. The van der Waals surface area contributed by atoms with Crippen LogP contribution in [0.25, 0.3) is 0 Å². The Morgan fingerprint density at radius 1 is 0.731 bits per heavy atom. The standard InChI is InChI=1S/C21H41NO4/c1-4-6-7-8-9-10-11-12-13-14-15-16-17-18-26-20(23)19(3)22-21(24)25-5-2/h19H,4-18H2,1-3H3,(H,22,24). The summed E-state index contributed by atoms with van der Waals surface area (Å²) in [4.78, 5) is 22.9. The molecule has 0 aromatic heterocycles. The molecular formula is C21H41NO4. The highest BCUT2D eigenvalue weighted by Crippen LogP contribution is 2.12. The minimum atomic E-state index is -0.670. The lowest BCUT2D eigenvalue weighted by atomic mass is 10.0. The Morgan fingerprint density at radius 2 is 1.19 bits per heavy atom. The molecule has 0 aromatic rings. The third-order valence-corrected chi connectivity index (χ3v) is 4.46. The lowest BCUT2D eigenvalue weighted by Gasteiger charge is -2.13. The number of amides is 1. The number of unbranched alkanes of at least 4 members (excludes halogenated alkanes) is 12. The normalized spacial score (nSPS) is 11.8. The molecule has 26 heavy (non-hydrogen) atoms. The molecule has 0 saturated carbocycles. The number of rotatable bonds is 17. The van der Waals surface area contributed by atoms with E-state index in [9.17, 15) is 9.59 Å². The molecule has 5 heteroatoms. The number of nitrogens with one attached hydrogen (secondary N) is 1. The van der Waals surface area contributed by atoms with Crippen molar-refractivity contribution in [2.45, 2.75) is 110 Å². The number of esters is 1. The van der Waals surface area contributed by atoms with Crippen molar-refractivity contribution in [3.8, 4) is 0 Å². The fraction of sp³-hybridized carbons (Fsp3) is 0.905. The molecule has 5 nitrogen and oxygen atoms in total. The predicted molar refractivity (Wildman–Crippen MR) is 106 cm³/mol. The van der Waals surface area contributed by atoms with Gasteiger partial charge in [0.1, 0.15) is 6.04 Å². The summed E-state index contributed by atoms with van der Waals surface area (Å²) in [6.07, 6.45) is 16.2. The van der Waals surface area contributed by atoms with Crippen LogP contribution in [0.15, 0.2) is 0 Å². The monoisotopic (exact) mass is 371 g/mol. The van der Waals surface area contributed by atoms with Gasteiger partial charge in [0.05, 0.1) is 13.2 Å². The second-order valence-electron chi connectivity index (χ2n) is 7.00. The van der Waals surface area contributed by atoms with Gasteiger partial charge in [-0.25, -0.2) is 9.59 Å². The van der Waals surface area contributed by atoms with E-state index in [0.717, 1.165) is 12.8 Å². The van der Waals surface area contributed by atoms with Crippen LogP contribution < -0.4 is 5.32 Å². The predicted octanol–water partition coefficient (Wildman–Crippen LogP) is 5.76. The van der Waals surface area contributed by atoms with Crippen LogP contribution in [0.4, 0.5) is 4.79 Å². The first-order valence-electron chi connectivity index (χ1n) is 10.7. The van der Waals surface area contributed by atoms with Crippen molar-refractivity contribution < 1.29 is 19.1 Å². The SMILES string of the molecule is CCCCCCCCCCCCCCCOC(=O)C(C)NC(=O)OCC. The maximum atomic E-state index is 11.7. The molecule has 0 spiro atoms. The van der Waals surface area contributed by atoms with Crippen molar-refractivity contribution in [3.63, 3.8) is 0 Å². The van der Waals surface area contributed by atoms with Gasteiger partial charge < -0.3 is 14.8 Å². The summed E-state index contributed by atoms with van der Waals surface area (Å²) in [7, 11) is 0. The Morgan fingerprint density at radius 3 is 1.65 bits per heavy atom. The summed E-state index contributed by atoms with van der Waals surface area (Å²) < 4.78 is 9.91. The second-order valence-corrected chi connectivity index (χ2v) is 7.00. The first-order chi connectivity index (χ1) is 12.6. The Kier molecular flexibility index (Phi) is 17.6. The summed E-state index contributed by atoms with van der Waals surface area (Å²) >= 11 is 0. The lowest BCUT2D eigenvalue weighted by molar-refractivity contribution is -0.145. The minimum absolute atomic E-state index is 0.284. The zero-order valence-corrected chi connectivity index (χ0v) is 17.3. The van der Waals surface area contributed by atoms with Crippen LogP contribution in [0.5, 0.6) is 0 Å². The van der Waals surface area contributed by atoms with Gasteiger partial charge in [-0.1, -0.05) is 84.0 Å². The van der Waals surface area contributed by atoms with Gasteiger partial charge in [-0.2, -0.15) is 0 Å². The molecule has 1 unspecified atom stereocenters. The molecule has 1 amide bonds. The van der Waals surface area contributed by atoms with Crippen molar-refractivity contribution in [1.29, 1.82) is 0 Å². The van der Waals surface area contributed by atoms with Gasteiger partial charge in [-0.15, -0.1) is 0 Å². The van der Waals surface area contributed by atoms with Crippen molar-refractivity contribution in [1.82, 2.24) is 5.32 Å². The number of ether oxygens (including phenoxy) is 2. The quantitative estimate of drug-likeness (QED) is 0.261. The van der Waals surface area contributed by atoms with Crippen molar-refractivity contribution in [2.75, 3.05) is 13.2 Å². The smallest absolute Gasteiger partial charge is 0.407 e. The van der Waals surface area contributed by atoms with Crippen LogP contribution in [0.3, 0.4) is 0 Å². The van der Waals surface area contributed by atoms with E-state index < -0.39 is 18.1 Å². The second kappa shape index (κ2) is 18.5. The third-order valence-electron chi connectivity index (χ3n) is 4.46. The number of alkyl carbamates (subject to hydrolysis) is 1. The molecule has 1 N–H and O–H groups in total. The fourth-order valence-electron chi connectivity index (χ4n) is 2.83. The van der Waals surface area contributed by atoms with Crippen molar-refractivity contribution in [2.24, 2.45) is 0 Å². The van der Waals surface area contributed by atoms with E-state index in [1.165, 1.54) is 70.6 Å². The van der Waals surface area contributed by atoms with E-state index in [1.54, 1.807) is 13.8 Å². The van der Waals surface area contributed by atoms with E-state index in [0.29, 0.717) is 6.61 Å². The average Bonchev–Trinajstić information content (AvgIpc) is 2.61. The first kappa shape index (κ1) is 24.7. The summed E-state index contributed by atoms with van der Waals surface area (Å²) in [6.45, 7) is 6.28. The number of carbonyl (C=O) groups is 2. The van der Waals surface area contributed by atoms with Crippen LogP contribution in [-0.4, -0.2) is 31.3 Å². The van der Waals surface area contributed by atoms with E-state index >= 15 is 0 Å². The Balaban J connectivity index is 3.32. The number of hydrogen-bond acceptors (Lipinski definition) is 4. The highest BCUT2D eigenvalue weighted by atomic mass is 16.6. The molecule has 1 atom stereocenters. The highest BCUT2D eigenvalue weighted by Gasteiger charge is 2.17. The fourth-order valence-corrected chi connectivity index (χ4v) is 2.83. The first-order valence-corrected chi connectivity index (χ1v) is 10.7. The molecule has 0 saturated heterocycles. The summed E-state index contributed by atoms with van der Waals surface area (Å²) in [5, 5.41) is 2.44. The molecule has 0 aliphatic carbocycles. The summed E-state index contributed by atoms with van der Waals surface area (Å²) in [5.41, 5.74) is 0. The number of hydrogen-bond donors (Lipinski definition) is 1. The van der Waals surface area contributed by atoms with Gasteiger partial charge in [-0.3, -0.25) is 0 Å². The topological polar surface area (TPSA) is 64.6 Å². The molecule has 0 aromatic carbocycles. The maximum Gasteiger partial charge on any atom is 0.407 e. The van der Waals surface area contributed by atoms with Gasteiger partial charge in [0.15, 0.2) is 0 Å². The van der Waals surface area contributed by atoms with E-state index in [-0.39, 0.29) is 6.61 Å². The van der Waals surface area contributed by atoms with Crippen LogP contribution in [0, 0.1) is 0 Å². The zero-order chi connectivity index (χ0) is 19.5. The summed E-state index contributed by atoms with van der Waals surface area (Å²) in [5.74, 6) is -0.406. The van der Waals surface area contributed by atoms with Gasteiger partial charge in [0.2, 0.25) is 0 Å². The summed E-state index contributed by atoms with van der Waals surface area (Å²) in [6, 6.07) is -0.670. The van der Waals surface area contributed by atoms with Gasteiger partial charge >= 0.3 is 12.1 Å². The van der Waals surface area contributed by atoms with E-state index in [2.05, 4.69) is 12.2 Å². The molecule has 0 heterocycles. The lowest BCUT2D eigenvalue weighted by Crippen LogP contribution is -2.39. The Hall–Kier alpha value is -1.26. The van der Waals surface area contributed by atoms with Crippen molar-refractivity contribution in [3.05, 3.63) is 0 Å². The molecule has 0 aliphatic rings. The third kappa shape index (κ3) is 16.2. The molecule has 0 fully saturated rings. The number of carbonyl (C=O) groups excluding carboxylic acids is 2. The molecule has 0 bridgehead atoms. The van der Waals surface area contributed by atoms with Crippen LogP contribution in [0.2, 0.25) is 0 Å². The van der Waals surface area contributed by atoms with Crippen LogP contribution in [0.1, 0.15) is 104 Å². The average molecular weight is 372 g/mol. The van der Waals surface area contributed by atoms with Crippen LogP contribution in [-0.2, 0) is 14.3 Å². The molecule has 0 radical (unpaired) electrons. The van der Waals surface area contributed by atoms with Crippen LogP contribution >= 0.6 is 0 Å². The molecule has 0 aliphatic heterocycles. The minimum Gasteiger partial charge on any atom is -0.464 e. The molecule has 0 rings (SSSR count). The van der Waals surface area contributed by atoms with Crippen molar-refractivity contribution >= 4 is 12.1 Å². The highest BCUT2D eigenvalue weighted by molar-refractivity contribution is 5.80. The maximum absolute atomic E-state index is 11.7. The van der Waals surface area contributed by atoms with Gasteiger partial charge in [-0.05, 0) is 20.3 Å². The van der Waals surface area contributed by atoms with Gasteiger partial charge in [0.25, 0.3) is 0 Å². The molecule has 154 valence electrons. The zero-order valence-electron chi connectivity index (χ0n) is 17.3. The van der Waals surface area contributed by atoms with Gasteiger partial charge in [0, 0.05) is 0 Å². The Labute approximate surface area is 160 Å². The van der Waals surface area contributed by atoms with E-state index in [4.69, 9.17) is 9.47 Å². The molecular weight excluding hydrogens is 330 g/mol.